The van der Waals surface area contributed by atoms with Crippen molar-refractivity contribution in [1.82, 2.24) is 0 Å². The van der Waals surface area contributed by atoms with Gasteiger partial charge in [0.25, 0.3) is 0 Å². The third-order valence-electron chi connectivity index (χ3n) is 3.31. The van der Waals surface area contributed by atoms with E-state index < -0.39 is 18.2 Å². The second-order valence-electron chi connectivity index (χ2n) is 5.11. The topological polar surface area (TPSA) is 38.5 Å². The maximum absolute atomic E-state index is 13.6. The average Bonchev–Trinajstić information content (AvgIpc) is 3.16. The van der Waals surface area contributed by atoms with Gasteiger partial charge < -0.3 is 15.4 Å². The fraction of sp³-hybridized carbons (Fsp3) is 0.571. The first-order chi connectivity index (χ1) is 9.51. The molecule has 0 unspecified atom stereocenters. The Morgan fingerprint density at radius 2 is 2.10 bits per heavy atom. The monoisotopic (exact) mass is 288 g/mol. The highest BCUT2D eigenvalue weighted by Gasteiger charge is 2.26. The zero-order chi connectivity index (χ0) is 14.7. The fourth-order valence-corrected chi connectivity index (χ4v) is 2.21. The van der Waals surface area contributed by atoms with Crippen molar-refractivity contribution >= 4 is 11.4 Å². The Morgan fingerprint density at radius 3 is 2.65 bits per heavy atom. The Balaban J connectivity index is 2.26. The lowest BCUT2D eigenvalue weighted by Gasteiger charge is -2.26. The molecule has 0 spiro atoms. The highest BCUT2D eigenvalue weighted by molar-refractivity contribution is 5.70. The molecule has 3 nitrogen and oxygen atoms in total. The van der Waals surface area contributed by atoms with Crippen molar-refractivity contribution in [2.24, 2.45) is 5.92 Å². The van der Waals surface area contributed by atoms with Crippen LogP contribution in [0, 0.1) is 11.7 Å². The van der Waals surface area contributed by atoms with Crippen LogP contribution in [-0.2, 0) is 0 Å². The molecule has 0 radical (unpaired) electrons. The lowest BCUT2D eigenvalue weighted by molar-refractivity contribution is -0.0521. The van der Waals surface area contributed by atoms with Gasteiger partial charge in [0.2, 0.25) is 0 Å². The van der Waals surface area contributed by atoms with Gasteiger partial charge in [-0.05, 0) is 25.2 Å². The average molecular weight is 288 g/mol. The van der Waals surface area contributed by atoms with Crippen molar-refractivity contribution in [1.29, 1.82) is 0 Å². The van der Waals surface area contributed by atoms with E-state index >= 15 is 0 Å². The Labute approximate surface area is 116 Å². The van der Waals surface area contributed by atoms with Gasteiger partial charge in [0.15, 0.2) is 11.6 Å². The van der Waals surface area contributed by atoms with Gasteiger partial charge in [-0.1, -0.05) is 6.92 Å². The second kappa shape index (κ2) is 6.24. The molecular formula is C14H19F3N2O. The van der Waals surface area contributed by atoms with E-state index in [-0.39, 0.29) is 5.69 Å². The van der Waals surface area contributed by atoms with Crippen LogP contribution in [0.1, 0.15) is 26.2 Å². The molecule has 0 saturated heterocycles. The first-order valence-electron chi connectivity index (χ1n) is 6.80. The zero-order valence-electron chi connectivity index (χ0n) is 11.4. The molecular weight excluding hydrogens is 269 g/mol. The minimum atomic E-state index is -3.05. The van der Waals surface area contributed by atoms with Crippen LogP contribution in [-0.4, -0.2) is 19.7 Å². The SMILES string of the molecule is CCCN(CC1CC1)c1cc(OC(F)F)c(F)cc1N. The van der Waals surface area contributed by atoms with Gasteiger partial charge in [-0.2, -0.15) is 8.78 Å². The number of benzene rings is 1. The highest BCUT2D eigenvalue weighted by Crippen LogP contribution is 2.36. The molecule has 6 heteroatoms. The van der Waals surface area contributed by atoms with Gasteiger partial charge in [-0.25, -0.2) is 4.39 Å². The van der Waals surface area contributed by atoms with Gasteiger partial charge in [0, 0.05) is 25.2 Å². The van der Waals surface area contributed by atoms with Crippen LogP contribution in [0.2, 0.25) is 0 Å². The summed E-state index contributed by atoms with van der Waals surface area (Å²) in [6.45, 7) is 0.540. The minimum Gasteiger partial charge on any atom is -0.432 e. The van der Waals surface area contributed by atoms with Crippen molar-refractivity contribution < 1.29 is 17.9 Å². The van der Waals surface area contributed by atoms with E-state index in [0.29, 0.717) is 11.6 Å². The number of alkyl halides is 2. The third kappa shape index (κ3) is 3.71. The molecule has 0 amide bonds. The normalized spacial score (nSPS) is 14.7. The number of hydrogen-bond donors (Lipinski definition) is 1. The molecule has 20 heavy (non-hydrogen) atoms. The Morgan fingerprint density at radius 1 is 1.40 bits per heavy atom. The minimum absolute atomic E-state index is 0.248. The zero-order valence-corrected chi connectivity index (χ0v) is 11.4. The number of halogens is 3. The first kappa shape index (κ1) is 14.8. The van der Waals surface area contributed by atoms with Gasteiger partial charge in [0.05, 0.1) is 11.4 Å². The number of hydrogen-bond acceptors (Lipinski definition) is 3. The summed E-state index contributed by atoms with van der Waals surface area (Å²) in [7, 11) is 0. The van der Waals surface area contributed by atoms with E-state index in [2.05, 4.69) is 4.74 Å². The summed E-state index contributed by atoms with van der Waals surface area (Å²) in [5.41, 5.74) is 6.64. The maximum Gasteiger partial charge on any atom is 0.387 e. The molecule has 2 N–H and O–H groups in total. The third-order valence-corrected chi connectivity index (χ3v) is 3.31. The molecule has 1 aliphatic carbocycles. The van der Waals surface area contributed by atoms with Crippen molar-refractivity contribution in [3.63, 3.8) is 0 Å². The van der Waals surface area contributed by atoms with Crippen LogP contribution in [0.4, 0.5) is 24.5 Å². The molecule has 112 valence electrons. The van der Waals surface area contributed by atoms with Gasteiger partial charge >= 0.3 is 6.61 Å². The Kier molecular flexibility index (Phi) is 4.62. The van der Waals surface area contributed by atoms with Crippen molar-refractivity contribution in [2.75, 3.05) is 23.7 Å². The van der Waals surface area contributed by atoms with Crippen LogP contribution >= 0.6 is 0 Å². The largest absolute Gasteiger partial charge is 0.432 e. The smallest absolute Gasteiger partial charge is 0.387 e. The van der Waals surface area contributed by atoms with E-state index in [1.54, 1.807) is 0 Å². The highest BCUT2D eigenvalue weighted by atomic mass is 19.3. The van der Waals surface area contributed by atoms with E-state index in [1.807, 2.05) is 11.8 Å². The van der Waals surface area contributed by atoms with Crippen LogP contribution in [0.5, 0.6) is 5.75 Å². The molecule has 1 saturated carbocycles. The Hall–Kier alpha value is -1.59. The summed E-state index contributed by atoms with van der Waals surface area (Å²) < 4.78 is 42.3. The van der Waals surface area contributed by atoms with Crippen molar-refractivity contribution in [2.45, 2.75) is 32.8 Å². The molecule has 0 atom stereocenters. The summed E-state index contributed by atoms with van der Waals surface area (Å²) in [5.74, 6) is -0.707. The molecule has 0 aromatic heterocycles. The predicted octanol–water partition coefficient (Wildman–Crippen LogP) is 3.64. The molecule has 0 aliphatic heterocycles. The van der Waals surface area contributed by atoms with Crippen LogP contribution in [0.15, 0.2) is 12.1 Å². The summed E-state index contributed by atoms with van der Waals surface area (Å²) in [6, 6.07) is 2.32. The number of nitrogens with two attached hydrogens (primary N) is 1. The number of anilines is 2. The lowest BCUT2D eigenvalue weighted by atomic mass is 10.2. The number of nitrogens with zero attached hydrogens (tertiary/aromatic N) is 1. The number of nitrogen functional groups attached to an aromatic ring is 1. The standard InChI is InChI=1S/C14H19F3N2O/c1-2-5-19(8-9-3-4-9)12-7-13(20-14(16)17)10(15)6-11(12)18/h6-7,9,14H,2-5,8,18H2,1H3. The van der Waals surface area contributed by atoms with Crippen molar-refractivity contribution in [3.05, 3.63) is 17.9 Å². The fourth-order valence-electron chi connectivity index (χ4n) is 2.21. The lowest BCUT2D eigenvalue weighted by Crippen LogP contribution is -2.27. The molecule has 1 aromatic carbocycles. The molecule has 0 bridgehead atoms. The van der Waals surface area contributed by atoms with E-state index in [0.717, 1.165) is 25.6 Å². The van der Waals surface area contributed by atoms with E-state index in [4.69, 9.17) is 5.73 Å². The molecule has 1 fully saturated rings. The molecule has 1 aromatic rings. The van der Waals surface area contributed by atoms with Crippen molar-refractivity contribution in [3.8, 4) is 5.75 Å². The Bertz CT molecular complexity index is 464. The van der Waals surface area contributed by atoms with Crippen LogP contribution in [0.25, 0.3) is 0 Å². The predicted molar refractivity (Wildman–Crippen MR) is 72.7 cm³/mol. The maximum atomic E-state index is 13.6. The second-order valence-corrected chi connectivity index (χ2v) is 5.11. The summed E-state index contributed by atoms with van der Waals surface area (Å²) in [6.07, 6.45) is 3.23. The molecule has 1 aliphatic rings. The van der Waals surface area contributed by atoms with E-state index in [1.165, 1.54) is 18.9 Å². The first-order valence-corrected chi connectivity index (χ1v) is 6.80. The number of rotatable bonds is 7. The van der Waals surface area contributed by atoms with Gasteiger partial charge in [-0.3, -0.25) is 0 Å². The quantitative estimate of drug-likeness (QED) is 0.779. The summed E-state index contributed by atoms with van der Waals surface area (Å²) in [5, 5.41) is 0. The number of ether oxygens (including phenoxy) is 1. The molecule has 0 heterocycles. The van der Waals surface area contributed by atoms with Gasteiger partial charge in [-0.15, -0.1) is 0 Å². The van der Waals surface area contributed by atoms with Gasteiger partial charge in [0.1, 0.15) is 0 Å². The summed E-state index contributed by atoms with van der Waals surface area (Å²) >= 11 is 0. The summed E-state index contributed by atoms with van der Waals surface area (Å²) in [4.78, 5) is 2.02. The van der Waals surface area contributed by atoms with Crippen LogP contribution < -0.4 is 15.4 Å². The molecule has 2 rings (SSSR count). The van der Waals surface area contributed by atoms with Crippen LogP contribution in [0.3, 0.4) is 0 Å². The van der Waals surface area contributed by atoms with E-state index in [9.17, 15) is 13.2 Å².